The van der Waals surface area contributed by atoms with E-state index in [-0.39, 0.29) is 11.9 Å². The quantitative estimate of drug-likeness (QED) is 0.544. The van der Waals surface area contributed by atoms with Crippen molar-refractivity contribution in [2.24, 2.45) is 0 Å². The number of carbonyl (C=O) groups excluding carboxylic acids is 1. The lowest BCUT2D eigenvalue weighted by molar-refractivity contribution is 0.129. The molecule has 22 heavy (non-hydrogen) atoms. The highest BCUT2D eigenvalue weighted by Gasteiger charge is 2.33. The van der Waals surface area contributed by atoms with E-state index in [1.54, 1.807) is 16.8 Å². The number of cyclic esters (lactones) is 1. The highest BCUT2D eigenvalue weighted by atomic mass is 127. The van der Waals surface area contributed by atoms with Gasteiger partial charge in [-0.15, -0.1) is 5.10 Å². The van der Waals surface area contributed by atoms with Crippen LogP contribution in [0.2, 0.25) is 6.55 Å². The van der Waals surface area contributed by atoms with Crippen molar-refractivity contribution < 1.29 is 13.9 Å². The van der Waals surface area contributed by atoms with E-state index in [0.29, 0.717) is 31.9 Å². The molecule has 0 N–H and O–H groups in total. The Morgan fingerprint density at radius 1 is 1.55 bits per heavy atom. The molecule has 1 fully saturated rings. The van der Waals surface area contributed by atoms with Crippen molar-refractivity contribution in [1.82, 2.24) is 15.0 Å². The molecule has 1 amide bonds. The summed E-state index contributed by atoms with van der Waals surface area (Å²) in [6, 6.07) is 4.69. The van der Waals surface area contributed by atoms with E-state index < -0.39 is 6.09 Å². The van der Waals surface area contributed by atoms with Crippen LogP contribution in [-0.4, -0.2) is 43.3 Å². The Bertz CT molecular complexity index is 711. The lowest BCUT2D eigenvalue weighted by Gasteiger charge is -2.13. The highest BCUT2D eigenvalue weighted by molar-refractivity contribution is 14.1. The summed E-state index contributed by atoms with van der Waals surface area (Å²) < 4.78 is 21.1. The van der Waals surface area contributed by atoms with Crippen LogP contribution in [0.1, 0.15) is 0 Å². The summed E-state index contributed by atoms with van der Waals surface area (Å²) >= 11 is 1.91. The minimum atomic E-state index is -0.469. The number of hydrogen-bond donors (Lipinski definition) is 0. The van der Waals surface area contributed by atoms with Crippen LogP contribution in [-0.2, 0) is 11.3 Å². The molecule has 2 aromatic rings. The summed E-state index contributed by atoms with van der Waals surface area (Å²) in [6.07, 6.45) is 1.05. The third-order valence-electron chi connectivity index (χ3n) is 3.27. The molecule has 114 valence electrons. The first-order valence-electron chi connectivity index (χ1n) is 6.58. The number of anilines is 1. The second kappa shape index (κ2) is 6.32. The molecule has 2 radical (unpaired) electrons. The zero-order valence-corrected chi connectivity index (χ0v) is 14.8. The molecule has 0 aliphatic carbocycles. The molecule has 1 atom stereocenters. The monoisotopic (exact) mass is 430 g/mol. The molecule has 6 nitrogen and oxygen atoms in total. The molecule has 2 heterocycles. The van der Waals surface area contributed by atoms with Gasteiger partial charge in [0.25, 0.3) is 0 Å². The van der Waals surface area contributed by atoms with Gasteiger partial charge in [-0.2, -0.15) is 0 Å². The largest absolute Gasteiger partial charge is 0.442 e. The topological polar surface area (TPSA) is 60.2 Å². The van der Waals surface area contributed by atoms with Gasteiger partial charge in [0.15, 0.2) is 0 Å². The Balaban J connectivity index is 1.71. The molecule has 1 aliphatic heterocycles. The van der Waals surface area contributed by atoms with E-state index >= 15 is 0 Å². The summed E-state index contributed by atoms with van der Waals surface area (Å²) in [5, 5.41) is 8.93. The molecule has 0 bridgehead atoms. The molecular weight excluding hydrogens is 418 g/mol. The third kappa shape index (κ3) is 3.14. The Morgan fingerprint density at radius 2 is 2.36 bits per heavy atom. The van der Waals surface area contributed by atoms with Crippen molar-refractivity contribution in [2.45, 2.75) is 19.2 Å². The fraction of sp³-hybridized carbons (Fsp3) is 0.308. The minimum absolute atomic E-state index is 0.329. The maximum absolute atomic E-state index is 13.6. The number of aromatic nitrogens is 3. The first-order chi connectivity index (χ1) is 10.6. The second-order valence-corrected chi connectivity index (χ2v) is 6.97. The summed E-state index contributed by atoms with van der Waals surface area (Å²) in [5.41, 5.74) is 0.500. The number of halogens is 2. The summed E-state index contributed by atoms with van der Waals surface area (Å²) in [6.45, 7) is 2.83. The number of ether oxygens (including phenoxy) is 1. The fourth-order valence-electron chi connectivity index (χ4n) is 2.19. The smallest absolute Gasteiger partial charge is 0.414 e. The standard InChI is InChI=1S/C13H12FIN4O2Si/c1-22-12-7-18(17-16-12)5-9-6-19(13(20)21-9)8-2-3-11(15)10(14)4-8/h2-4,7,9H,5-6H2,1H3/t9-/m0/s1. The van der Waals surface area contributed by atoms with E-state index in [4.69, 9.17) is 4.74 Å². The Labute approximate surface area is 142 Å². The molecule has 1 aliphatic rings. The molecule has 3 rings (SSSR count). The summed E-state index contributed by atoms with van der Waals surface area (Å²) in [7, 11) is 0.574. The molecule has 1 aromatic heterocycles. The number of hydrogen-bond acceptors (Lipinski definition) is 4. The molecule has 9 heteroatoms. The Kier molecular flexibility index (Phi) is 4.43. The van der Waals surface area contributed by atoms with Gasteiger partial charge in [-0.05, 0) is 40.8 Å². The van der Waals surface area contributed by atoms with Crippen molar-refractivity contribution in [3.05, 3.63) is 33.8 Å². The van der Waals surface area contributed by atoms with Gasteiger partial charge < -0.3 is 4.74 Å². The van der Waals surface area contributed by atoms with Gasteiger partial charge in [-0.25, -0.2) is 13.9 Å². The van der Waals surface area contributed by atoms with Crippen LogP contribution in [0.15, 0.2) is 24.4 Å². The third-order valence-corrected chi connectivity index (χ3v) is 4.89. The van der Waals surface area contributed by atoms with Crippen LogP contribution in [0.3, 0.4) is 0 Å². The summed E-state index contributed by atoms with van der Waals surface area (Å²) in [5.74, 6) is -0.348. The molecule has 0 saturated carbocycles. The van der Waals surface area contributed by atoms with Crippen LogP contribution in [0.5, 0.6) is 0 Å². The number of nitrogens with zero attached hydrogens (tertiary/aromatic N) is 4. The SMILES string of the molecule is C[Si]c1cn(C[C@H]2CN(c3ccc(I)c(F)c3)C(=O)O2)nn1. The fourth-order valence-corrected chi connectivity index (χ4v) is 2.95. The zero-order valence-electron chi connectivity index (χ0n) is 11.7. The van der Waals surface area contributed by atoms with E-state index in [1.807, 2.05) is 35.3 Å². The molecule has 0 unspecified atom stereocenters. The van der Waals surface area contributed by atoms with Gasteiger partial charge >= 0.3 is 6.09 Å². The number of carbonyl (C=O) groups is 1. The highest BCUT2D eigenvalue weighted by Crippen LogP contribution is 2.24. The summed E-state index contributed by atoms with van der Waals surface area (Å²) in [4.78, 5) is 13.4. The van der Waals surface area contributed by atoms with Gasteiger partial charge in [0.2, 0.25) is 0 Å². The van der Waals surface area contributed by atoms with Crippen molar-refractivity contribution in [3.8, 4) is 0 Å². The molecule has 0 spiro atoms. The van der Waals surface area contributed by atoms with E-state index in [2.05, 4.69) is 10.3 Å². The zero-order chi connectivity index (χ0) is 15.7. The van der Waals surface area contributed by atoms with Crippen molar-refractivity contribution in [3.63, 3.8) is 0 Å². The molecule has 1 saturated heterocycles. The second-order valence-electron chi connectivity index (χ2n) is 4.79. The van der Waals surface area contributed by atoms with E-state index in [9.17, 15) is 9.18 Å². The van der Waals surface area contributed by atoms with Gasteiger partial charge in [0.05, 0.1) is 24.1 Å². The van der Waals surface area contributed by atoms with Gasteiger partial charge in [0.1, 0.15) is 21.4 Å². The minimum Gasteiger partial charge on any atom is -0.442 e. The van der Waals surface area contributed by atoms with Crippen molar-refractivity contribution >= 4 is 49.2 Å². The predicted octanol–water partition coefficient (Wildman–Crippen LogP) is 1.42. The van der Waals surface area contributed by atoms with Crippen molar-refractivity contribution in [2.75, 3.05) is 11.4 Å². The van der Waals surface area contributed by atoms with Crippen LogP contribution >= 0.6 is 22.6 Å². The Morgan fingerprint density at radius 3 is 3.05 bits per heavy atom. The normalized spacial score (nSPS) is 17.9. The van der Waals surface area contributed by atoms with E-state index in [0.717, 1.165) is 5.32 Å². The maximum atomic E-state index is 13.6. The predicted molar refractivity (Wildman–Crippen MR) is 88.0 cm³/mol. The number of amides is 1. The number of rotatable bonds is 4. The van der Waals surface area contributed by atoms with E-state index in [1.165, 1.54) is 11.0 Å². The number of benzene rings is 1. The van der Waals surface area contributed by atoms with Crippen LogP contribution in [0.25, 0.3) is 0 Å². The van der Waals surface area contributed by atoms with Crippen LogP contribution in [0, 0.1) is 9.39 Å². The average Bonchev–Trinajstić information content (AvgIpc) is 3.09. The lowest BCUT2D eigenvalue weighted by atomic mass is 10.2. The Hall–Kier alpha value is -1.49. The molecular formula is C13H12FIN4O2Si. The van der Waals surface area contributed by atoms with Gasteiger partial charge in [-0.3, -0.25) is 4.90 Å². The van der Waals surface area contributed by atoms with Gasteiger partial charge in [-0.1, -0.05) is 11.8 Å². The van der Waals surface area contributed by atoms with Crippen molar-refractivity contribution in [1.29, 1.82) is 0 Å². The lowest BCUT2D eigenvalue weighted by Crippen LogP contribution is -2.26. The average molecular weight is 430 g/mol. The van der Waals surface area contributed by atoms with Gasteiger partial charge in [0, 0.05) is 9.77 Å². The van der Waals surface area contributed by atoms with Crippen LogP contribution in [0.4, 0.5) is 14.9 Å². The molecule has 1 aromatic carbocycles. The van der Waals surface area contributed by atoms with Crippen LogP contribution < -0.4 is 10.2 Å². The maximum Gasteiger partial charge on any atom is 0.414 e. The first kappa shape index (κ1) is 15.4. The first-order valence-corrected chi connectivity index (χ1v) is 9.16.